The molecule has 0 spiro atoms. The number of hydrogen-bond acceptors (Lipinski definition) is 5. The van der Waals surface area contributed by atoms with Crippen molar-refractivity contribution in [1.29, 1.82) is 0 Å². The standard InChI is InChI=1S/C24H26N6O/c1-27-10-12-29(13-11-27)19-8-9-20-22(14-19)30(16-18-6-4-3-5-7-18)24(26-20)21-17-28(2)23(31)15-25-21/h3-9,14-15,17H,10-13,16H2,1-2H3. The van der Waals surface area contributed by atoms with E-state index in [-0.39, 0.29) is 5.56 Å². The first-order valence-electron chi connectivity index (χ1n) is 10.6. The lowest BCUT2D eigenvalue weighted by atomic mass is 10.2. The molecule has 1 aliphatic rings. The normalized spacial score (nSPS) is 15.0. The van der Waals surface area contributed by atoms with Gasteiger partial charge in [0.15, 0.2) is 5.82 Å². The van der Waals surface area contributed by atoms with Crippen molar-refractivity contribution in [2.75, 3.05) is 38.1 Å². The molecule has 0 N–H and O–H groups in total. The third-order valence-corrected chi connectivity index (χ3v) is 5.99. The fourth-order valence-electron chi connectivity index (χ4n) is 4.11. The fourth-order valence-corrected chi connectivity index (χ4v) is 4.11. The molecule has 3 heterocycles. The molecule has 1 fully saturated rings. The fraction of sp³-hybridized carbons (Fsp3) is 0.292. The zero-order valence-electron chi connectivity index (χ0n) is 17.9. The molecular formula is C24H26N6O. The minimum absolute atomic E-state index is 0.133. The lowest BCUT2D eigenvalue weighted by Crippen LogP contribution is -2.44. The predicted octanol–water partition coefficient (Wildman–Crippen LogP) is 2.60. The summed E-state index contributed by atoms with van der Waals surface area (Å²) in [6.07, 6.45) is 3.11. The van der Waals surface area contributed by atoms with Crippen molar-refractivity contribution in [1.82, 2.24) is 24.0 Å². The summed E-state index contributed by atoms with van der Waals surface area (Å²) in [4.78, 5) is 26.0. The van der Waals surface area contributed by atoms with E-state index in [1.54, 1.807) is 17.8 Å². The molecule has 0 amide bonds. The molecule has 1 aliphatic heterocycles. The second-order valence-corrected chi connectivity index (χ2v) is 8.19. The van der Waals surface area contributed by atoms with E-state index in [2.05, 4.69) is 56.7 Å². The number of benzene rings is 2. The van der Waals surface area contributed by atoms with Gasteiger partial charge in [-0.2, -0.15) is 0 Å². The van der Waals surface area contributed by atoms with Gasteiger partial charge in [-0.3, -0.25) is 4.79 Å². The van der Waals surface area contributed by atoms with Crippen molar-refractivity contribution in [2.24, 2.45) is 7.05 Å². The van der Waals surface area contributed by atoms with E-state index in [0.717, 1.165) is 43.0 Å². The Kier molecular flexibility index (Phi) is 5.03. The molecule has 5 rings (SSSR count). The first-order chi connectivity index (χ1) is 15.1. The number of imidazole rings is 1. The second kappa shape index (κ2) is 8.00. The number of likely N-dealkylation sites (N-methyl/N-ethyl adjacent to an activating group) is 1. The number of fused-ring (bicyclic) bond motifs is 1. The van der Waals surface area contributed by atoms with Crippen LogP contribution in [-0.4, -0.2) is 57.2 Å². The van der Waals surface area contributed by atoms with Gasteiger partial charge in [0.05, 0.1) is 17.2 Å². The number of aromatic nitrogens is 4. The maximum atomic E-state index is 11.9. The molecule has 1 saturated heterocycles. The van der Waals surface area contributed by atoms with Crippen LogP contribution in [0, 0.1) is 0 Å². The highest BCUT2D eigenvalue weighted by atomic mass is 16.1. The summed E-state index contributed by atoms with van der Waals surface area (Å²) in [5, 5.41) is 0. The molecule has 0 bridgehead atoms. The van der Waals surface area contributed by atoms with Gasteiger partial charge in [-0.05, 0) is 30.8 Å². The van der Waals surface area contributed by atoms with E-state index < -0.39 is 0 Å². The Hall–Kier alpha value is -3.45. The summed E-state index contributed by atoms with van der Waals surface area (Å²) in [6, 6.07) is 16.9. The SMILES string of the molecule is CN1CCN(c2ccc3nc(-c4cn(C)c(=O)cn4)n(Cc4ccccc4)c3c2)CC1. The predicted molar refractivity (Wildman–Crippen MR) is 123 cm³/mol. The Bertz CT molecular complexity index is 1270. The molecular weight excluding hydrogens is 388 g/mol. The highest BCUT2D eigenvalue weighted by molar-refractivity contribution is 5.83. The lowest BCUT2D eigenvalue weighted by molar-refractivity contribution is 0.313. The largest absolute Gasteiger partial charge is 0.369 e. The minimum Gasteiger partial charge on any atom is -0.369 e. The quantitative estimate of drug-likeness (QED) is 0.514. The molecule has 158 valence electrons. The van der Waals surface area contributed by atoms with Crippen molar-refractivity contribution in [3.63, 3.8) is 0 Å². The summed E-state index contributed by atoms with van der Waals surface area (Å²) in [7, 11) is 3.91. The van der Waals surface area contributed by atoms with Crippen LogP contribution in [-0.2, 0) is 13.6 Å². The van der Waals surface area contributed by atoms with Crippen molar-refractivity contribution >= 4 is 16.7 Å². The van der Waals surface area contributed by atoms with Gasteiger partial charge < -0.3 is 18.9 Å². The number of aryl methyl sites for hydroxylation is 1. The van der Waals surface area contributed by atoms with Gasteiger partial charge in [0.1, 0.15) is 5.69 Å². The average Bonchev–Trinajstić information content (AvgIpc) is 3.14. The molecule has 0 aliphatic carbocycles. The molecule has 0 atom stereocenters. The van der Waals surface area contributed by atoms with E-state index >= 15 is 0 Å². The molecule has 2 aromatic heterocycles. The third-order valence-electron chi connectivity index (χ3n) is 5.99. The Balaban J connectivity index is 1.64. The highest BCUT2D eigenvalue weighted by Gasteiger charge is 2.19. The molecule has 0 saturated carbocycles. The van der Waals surface area contributed by atoms with Crippen molar-refractivity contribution in [3.05, 3.63) is 76.8 Å². The van der Waals surface area contributed by atoms with E-state index in [4.69, 9.17) is 4.98 Å². The first-order valence-corrected chi connectivity index (χ1v) is 10.6. The maximum Gasteiger partial charge on any atom is 0.268 e. The molecule has 31 heavy (non-hydrogen) atoms. The van der Waals surface area contributed by atoms with E-state index in [1.807, 2.05) is 18.2 Å². The zero-order valence-corrected chi connectivity index (χ0v) is 17.9. The van der Waals surface area contributed by atoms with Crippen LogP contribution in [0.5, 0.6) is 0 Å². The van der Waals surface area contributed by atoms with E-state index in [1.165, 1.54) is 17.4 Å². The highest BCUT2D eigenvalue weighted by Crippen LogP contribution is 2.28. The Labute approximate surface area is 181 Å². The van der Waals surface area contributed by atoms with Crippen molar-refractivity contribution in [2.45, 2.75) is 6.54 Å². The average molecular weight is 415 g/mol. The van der Waals surface area contributed by atoms with Crippen LogP contribution in [0.3, 0.4) is 0 Å². The summed E-state index contributed by atoms with van der Waals surface area (Å²) in [5.41, 5.74) is 4.97. The van der Waals surface area contributed by atoms with Crippen LogP contribution < -0.4 is 10.5 Å². The van der Waals surface area contributed by atoms with Crippen LogP contribution in [0.1, 0.15) is 5.56 Å². The van der Waals surface area contributed by atoms with Crippen molar-refractivity contribution in [3.8, 4) is 11.5 Å². The van der Waals surface area contributed by atoms with Gasteiger partial charge in [-0.1, -0.05) is 30.3 Å². The summed E-state index contributed by atoms with van der Waals surface area (Å²) < 4.78 is 3.75. The van der Waals surface area contributed by atoms with Crippen LogP contribution in [0.15, 0.2) is 65.7 Å². The van der Waals surface area contributed by atoms with Gasteiger partial charge in [-0.25, -0.2) is 9.97 Å². The first kappa shape index (κ1) is 19.5. The monoisotopic (exact) mass is 414 g/mol. The zero-order chi connectivity index (χ0) is 21.4. The molecule has 7 nitrogen and oxygen atoms in total. The molecule has 0 radical (unpaired) electrons. The lowest BCUT2D eigenvalue weighted by Gasteiger charge is -2.34. The van der Waals surface area contributed by atoms with Gasteiger partial charge in [0, 0.05) is 51.7 Å². The number of piperazine rings is 1. The molecule has 2 aromatic carbocycles. The molecule has 0 unspecified atom stereocenters. The number of rotatable bonds is 4. The number of hydrogen-bond donors (Lipinski definition) is 0. The number of nitrogens with zero attached hydrogens (tertiary/aromatic N) is 6. The Morgan fingerprint density at radius 3 is 2.48 bits per heavy atom. The van der Waals surface area contributed by atoms with Gasteiger partial charge in [0.25, 0.3) is 5.56 Å². The maximum absolute atomic E-state index is 11.9. The van der Waals surface area contributed by atoms with E-state index in [9.17, 15) is 4.79 Å². The summed E-state index contributed by atoms with van der Waals surface area (Å²) in [6.45, 7) is 4.85. The van der Waals surface area contributed by atoms with Crippen LogP contribution in [0.2, 0.25) is 0 Å². The van der Waals surface area contributed by atoms with Crippen LogP contribution >= 0.6 is 0 Å². The van der Waals surface area contributed by atoms with Gasteiger partial charge in [0.2, 0.25) is 0 Å². The van der Waals surface area contributed by atoms with Crippen molar-refractivity contribution < 1.29 is 0 Å². The smallest absolute Gasteiger partial charge is 0.268 e. The van der Waals surface area contributed by atoms with Gasteiger partial charge >= 0.3 is 0 Å². The number of anilines is 1. The molecule has 4 aromatic rings. The molecule has 7 heteroatoms. The van der Waals surface area contributed by atoms with Crippen LogP contribution in [0.25, 0.3) is 22.6 Å². The summed E-state index contributed by atoms with van der Waals surface area (Å²) in [5.74, 6) is 0.769. The Morgan fingerprint density at radius 1 is 0.968 bits per heavy atom. The topological polar surface area (TPSA) is 59.2 Å². The summed E-state index contributed by atoms with van der Waals surface area (Å²) >= 11 is 0. The third kappa shape index (κ3) is 3.84. The minimum atomic E-state index is -0.133. The second-order valence-electron chi connectivity index (χ2n) is 8.19. The Morgan fingerprint density at radius 2 is 1.74 bits per heavy atom. The van der Waals surface area contributed by atoms with E-state index in [0.29, 0.717) is 12.2 Å². The van der Waals surface area contributed by atoms with Crippen LogP contribution in [0.4, 0.5) is 5.69 Å². The van der Waals surface area contributed by atoms with Gasteiger partial charge in [-0.15, -0.1) is 0 Å².